The third-order valence-corrected chi connectivity index (χ3v) is 7.33. The fraction of sp³-hybridized carbons (Fsp3) is 0.240. The van der Waals surface area contributed by atoms with E-state index < -0.39 is 28.5 Å². The van der Waals surface area contributed by atoms with Crippen molar-refractivity contribution in [1.29, 1.82) is 0 Å². The summed E-state index contributed by atoms with van der Waals surface area (Å²) in [6.07, 6.45) is 0. The van der Waals surface area contributed by atoms with Crippen molar-refractivity contribution in [2.45, 2.75) is 17.9 Å². The van der Waals surface area contributed by atoms with E-state index in [1.165, 1.54) is 32.4 Å². The zero-order valence-corrected chi connectivity index (χ0v) is 21.4. The summed E-state index contributed by atoms with van der Waals surface area (Å²) in [5.74, 6) is 1.16. The normalized spacial score (nSPS) is 11.9. The molecule has 8 nitrogen and oxygen atoms in total. The van der Waals surface area contributed by atoms with Gasteiger partial charge in [-0.1, -0.05) is 17.7 Å². The molecule has 186 valence electrons. The minimum atomic E-state index is -4.10. The molecule has 0 saturated heterocycles. The largest absolute Gasteiger partial charge is 0.497 e. The average Bonchev–Trinajstić information content (AvgIpc) is 2.86. The molecule has 0 spiro atoms. The number of ether oxygens (including phenoxy) is 3. The third-order valence-electron chi connectivity index (χ3n) is 5.31. The average molecular weight is 519 g/mol. The molecule has 0 aliphatic rings. The van der Waals surface area contributed by atoms with E-state index >= 15 is 0 Å². The number of methoxy groups -OCH3 is 3. The molecule has 0 aromatic heterocycles. The zero-order valence-electron chi connectivity index (χ0n) is 19.8. The van der Waals surface area contributed by atoms with Crippen molar-refractivity contribution >= 4 is 33.2 Å². The molecular formula is C25H27ClN2O6S. The monoisotopic (exact) mass is 518 g/mol. The number of hydrogen-bond donors (Lipinski definition) is 1. The molecule has 0 saturated carbocycles. The fourth-order valence-corrected chi connectivity index (χ4v) is 5.09. The number of halogens is 1. The lowest BCUT2D eigenvalue weighted by atomic mass is 10.1. The van der Waals surface area contributed by atoms with Crippen LogP contribution in [0, 0.1) is 0 Å². The molecule has 10 heteroatoms. The van der Waals surface area contributed by atoms with Gasteiger partial charge in [-0.05, 0) is 67.6 Å². The van der Waals surface area contributed by atoms with Crippen molar-refractivity contribution in [3.63, 3.8) is 0 Å². The summed E-state index contributed by atoms with van der Waals surface area (Å²) in [6, 6.07) is 17.0. The Hall–Kier alpha value is -3.43. The number of nitrogens with zero attached hydrogens (tertiary/aromatic N) is 1. The van der Waals surface area contributed by atoms with Crippen LogP contribution in [0.3, 0.4) is 0 Å². The highest BCUT2D eigenvalue weighted by Crippen LogP contribution is 2.30. The number of anilines is 1. The van der Waals surface area contributed by atoms with Gasteiger partial charge in [0, 0.05) is 10.6 Å². The van der Waals surface area contributed by atoms with E-state index in [0.717, 1.165) is 4.31 Å². The Morgan fingerprint density at radius 1 is 0.943 bits per heavy atom. The van der Waals surface area contributed by atoms with Gasteiger partial charge in [-0.15, -0.1) is 0 Å². The number of hydrogen-bond acceptors (Lipinski definition) is 6. The maximum absolute atomic E-state index is 13.5. The number of rotatable bonds is 10. The Balaban J connectivity index is 1.91. The Bertz CT molecular complexity index is 1280. The van der Waals surface area contributed by atoms with Crippen molar-refractivity contribution in [2.75, 3.05) is 32.2 Å². The molecule has 0 aliphatic heterocycles. The lowest BCUT2D eigenvalue weighted by Gasteiger charge is -2.25. The Labute approximate surface area is 210 Å². The number of benzene rings is 3. The van der Waals surface area contributed by atoms with Crippen LogP contribution in [0.15, 0.2) is 71.6 Å². The zero-order chi connectivity index (χ0) is 25.6. The van der Waals surface area contributed by atoms with Crippen molar-refractivity contribution < 1.29 is 27.4 Å². The molecule has 35 heavy (non-hydrogen) atoms. The van der Waals surface area contributed by atoms with Gasteiger partial charge in [0.05, 0.1) is 38.0 Å². The molecule has 0 radical (unpaired) electrons. The highest BCUT2D eigenvalue weighted by atomic mass is 35.5. The lowest BCUT2D eigenvalue weighted by molar-refractivity contribution is -0.120. The molecule has 0 aliphatic carbocycles. The third kappa shape index (κ3) is 6.17. The van der Waals surface area contributed by atoms with Gasteiger partial charge in [-0.25, -0.2) is 8.42 Å². The van der Waals surface area contributed by atoms with Gasteiger partial charge in [-0.2, -0.15) is 0 Å². The van der Waals surface area contributed by atoms with Crippen LogP contribution in [0.1, 0.15) is 18.5 Å². The van der Waals surface area contributed by atoms with Crippen LogP contribution >= 0.6 is 11.6 Å². The van der Waals surface area contributed by atoms with E-state index in [9.17, 15) is 13.2 Å². The van der Waals surface area contributed by atoms with E-state index in [0.29, 0.717) is 27.8 Å². The van der Waals surface area contributed by atoms with Crippen LogP contribution in [0.25, 0.3) is 0 Å². The van der Waals surface area contributed by atoms with E-state index in [4.69, 9.17) is 25.8 Å². The van der Waals surface area contributed by atoms with E-state index in [1.807, 2.05) is 0 Å². The van der Waals surface area contributed by atoms with Gasteiger partial charge in [0.15, 0.2) is 0 Å². The topological polar surface area (TPSA) is 94.2 Å². The lowest BCUT2D eigenvalue weighted by Crippen LogP contribution is -2.41. The van der Waals surface area contributed by atoms with Crippen LogP contribution in [0.5, 0.6) is 17.2 Å². The maximum Gasteiger partial charge on any atom is 0.264 e. The molecule has 3 rings (SSSR count). The van der Waals surface area contributed by atoms with Crippen LogP contribution in [-0.2, 0) is 14.8 Å². The number of nitrogens with one attached hydrogen (secondary N) is 1. The number of sulfonamides is 1. The first kappa shape index (κ1) is 26.2. The second kappa shape index (κ2) is 11.3. The summed E-state index contributed by atoms with van der Waals surface area (Å²) in [7, 11) is 0.463. The van der Waals surface area contributed by atoms with Crippen molar-refractivity contribution in [3.8, 4) is 17.2 Å². The Morgan fingerprint density at radius 2 is 1.60 bits per heavy atom. The first-order valence-electron chi connectivity index (χ1n) is 10.6. The van der Waals surface area contributed by atoms with Gasteiger partial charge in [0.25, 0.3) is 10.0 Å². The second-order valence-corrected chi connectivity index (χ2v) is 9.86. The highest BCUT2D eigenvalue weighted by Gasteiger charge is 2.28. The molecule has 0 fully saturated rings. The summed E-state index contributed by atoms with van der Waals surface area (Å²) in [6.45, 7) is 1.31. The number of carbonyl (C=O) groups excluding carboxylic acids is 1. The van der Waals surface area contributed by atoms with Crippen LogP contribution < -0.4 is 23.8 Å². The predicted molar refractivity (Wildman–Crippen MR) is 135 cm³/mol. The minimum Gasteiger partial charge on any atom is -0.497 e. The van der Waals surface area contributed by atoms with Gasteiger partial charge in [0.1, 0.15) is 23.8 Å². The summed E-state index contributed by atoms with van der Waals surface area (Å²) in [4.78, 5) is 13.1. The number of carbonyl (C=O) groups is 1. The molecule has 1 amide bonds. The second-order valence-electron chi connectivity index (χ2n) is 7.56. The van der Waals surface area contributed by atoms with Gasteiger partial charge in [0.2, 0.25) is 5.91 Å². The van der Waals surface area contributed by atoms with Gasteiger partial charge < -0.3 is 19.5 Å². The molecule has 3 aromatic carbocycles. The summed E-state index contributed by atoms with van der Waals surface area (Å²) in [5, 5.41) is 3.19. The van der Waals surface area contributed by atoms with E-state index in [1.54, 1.807) is 62.6 Å². The maximum atomic E-state index is 13.5. The van der Waals surface area contributed by atoms with Crippen LogP contribution in [0.4, 0.5) is 5.69 Å². The first-order valence-corrected chi connectivity index (χ1v) is 12.4. The van der Waals surface area contributed by atoms with Crippen molar-refractivity contribution in [1.82, 2.24) is 5.32 Å². The summed E-state index contributed by atoms with van der Waals surface area (Å²) < 4.78 is 43.9. The molecule has 0 heterocycles. The highest BCUT2D eigenvalue weighted by molar-refractivity contribution is 7.92. The number of amides is 1. The first-order chi connectivity index (χ1) is 16.7. The van der Waals surface area contributed by atoms with Gasteiger partial charge >= 0.3 is 0 Å². The van der Waals surface area contributed by atoms with E-state index in [-0.39, 0.29) is 10.6 Å². The Morgan fingerprint density at radius 3 is 2.20 bits per heavy atom. The molecule has 1 atom stereocenters. The minimum absolute atomic E-state index is 0.00795. The Kier molecular flexibility index (Phi) is 8.48. The predicted octanol–water partition coefficient (Wildman–Crippen LogP) is 4.44. The van der Waals surface area contributed by atoms with Gasteiger partial charge in [-0.3, -0.25) is 9.10 Å². The van der Waals surface area contributed by atoms with E-state index in [2.05, 4.69) is 5.32 Å². The van der Waals surface area contributed by atoms with Crippen LogP contribution in [-0.4, -0.2) is 42.2 Å². The molecular weight excluding hydrogens is 492 g/mol. The summed E-state index contributed by atoms with van der Waals surface area (Å²) >= 11 is 6.12. The van der Waals surface area contributed by atoms with Crippen molar-refractivity contribution in [3.05, 3.63) is 77.3 Å². The van der Waals surface area contributed by atoms with Crippen LogP contribution in [0.2, 0.25) is 5.02 Å². The molecule has 1 unspecified atom stereocenters. The standard InChI is InChI=1S/C25H27ClN2O6S/c1-17(23-15-21(33-3)10-13-24(23)34-4)27-25(29)16-28(19-7-5-6-18(26)14-19)35(30,31)22-11-8-20(32-2)9-12-22/h5-15,17H,16H2,1-4H3,(H,27,29). The smallest absolute Gasteiger partial charge is 0.264 e. The summed E-state index contributed by atoms with van der Waals surface area (Å²) in [5.41, 5.74) is 0.947. The SMILES string of the molecule is COc1ccc(S(=O)(=O)N(CC(=O)NC(C)c2cc(OC)ccc2OC)c2cccc(Cl)c2)cc1. The molecule has 0 bridgehead atoms. The fourth-order valence-electron chi connectivity index (χ4n) is 3.49. The van der Waals surface area contributed by atoms with Crippen molar-refractivity contribution in [2.24, 2.45) is 0 Å². The molecule has 1 N–H and O–H groups in total. The molecule has 3 aromatic rings. The quantitative estimate of drug-likeness (QED) is 0.426.